The minimum Gasteiger partial charge on any atom is -0.322 e. The van der Waals surface area contributed by atoms with Crippen molar-refractivity contribution in [3.8, 4) is 5.69 Å². The van der Waals surface area contributed by atoms with Gasteiger partial charge in [0.15, 0.2) is 0 Å². The molecule has 104 valence electrons. The molecule has 3 aromatic rings. The number of nitrogens with one attached hydrogen (secondary N) is 1. The maximum Gasteiger partial charge on any atom is 0.257 e. The van der Waals surface area contributed by atoms with Crippen LogP contribution in [0.1, 0.15) is 10.4 Å². The van der Waals surface area contributed by atoms with Gasteiger partial charge >= 0.3 is 0 Å². The Hall–Kier alpha value is -3.09. The van der Waals surface area contributed by atoms with Gasteiger partial charge in [0.2, 0.25) is 0 Å². The SMILES string of the molecule is O=C(Nc1ccccc1)c1cc(F)ccc1-n1cnnn1. The molecule has 0 saturated carbocycles. The van der Waals surface area contributed by atoms with E-state index in [0.717, 1.165) is 6.07 Å². The van der Waals surface area contributed by atoms with E-state index in [1.54, 1.807) is 24.3 Å². The third-order valence-corrected chi connectivity index (χ3v) is 2.83. The third-order valence-electron chi connectivity index (χ3n) is 2.83. The van der Waals surface area contributed by atoms with Crippen LogP contribution in [0, 0.1) is 5.82 Å². The molecular weight excluding hydrogens is 273 g/mol. The van der Waals surface area contributed by atoms with Crippen molar-refractivity contribution in [2.24, 2.45) is 0 Å². The number of carbonyl (C=O) groups is 1. The first-order chi connectivity index (χ1) is 10.2. The second-order valence-electron chi connectivity index (χ2n) is 4.24. The minimum atomic E-state index is -0.509. The summed E-state index contributed by atoms with van der Waals surface area (Å²) in [7, 11) is 0. The van der Waals surface area contributed by atoms with Gasteiger partial charge in [-0.2, -0.15) is 4.68 Å². The topological polar surface area (TPSA) is 72.7 Å². The fraction of sp³-hybridized carbons (Fsp3) is 0. The second-order valence-corrected chi connectivity index (χ2v) is 4.24. The average Bonchev–Trinajstić information content (AvgIpc) is 3.02. The number of anilines is 1. The Morgan fingerprint density at radius 1 is 1.14 bits per heavy atom. The number of hydrogen-bond donors (Lipinski definition) is 1. The number of rotatable bonds is 3. The van der Waals surface area contributed by atoms with Gasteiger partial charge in [0, 0.05) is 5.69 Å². The normalized spacial score (nSPS) is 10.3. The molecule has 0 radical (unpaired) electrons. The molecule has 0 bridgehead atoms. The average molecular weight is 283 g/mol. The summed E-state index contributed by atoms with van der Waals surface area (Å²) in [4.78, 5) is 12.3. The molecule has 3 rings (SSSR count). The van der Waals surface area contributed by atoms with Crippen molar-refractivity contribution in [2.75, 3.05) is 5.32 Å². The fourth-order valence-electron chi connectivity index (χ4n) is 1.88. The number of amides is 1. The number of halogens is 1. The van der Waals surface area contributed by atoms with Gasteiger partial charge in [0.05, 0.1) is 11.3 Å². The van der Waals surface area contributed by atoms with Crippen molar-refractivity contribution >= 4 is 11.6 Å². The Balaban J connectivity index is 1.97. The highest BCUT2D eigenvalue weighted by atomic mass is 19.1. The molecule has 1 amide bonds. The Kier molecular flexibility index (Phi) is 3.38. The van der Waals surface area contributed by atoms with Crippen LogP contribution in [0.3, 0.4) is 0 Å². The van der Waals surface area contributed by atoms with Crippen LogP contribution < -0.4 is 5.32 Å². The van der Waals surface area contributed by atoms with Crippen LogP contribution in [0.15, 0.2) is 54.9 Å². The summed E-state index contributed by atoms with van der Waals surface area (Å²) in [5, 5.41) is 13.4. The first-order valence-electron chi connectivity index (χ1n) is 6.13. The summed E-state index contributed by atoms with van der Waals surface area (Å²) in [5.41, 5.74) is 1.16. The molecule has 0 aliphatic carbocycles. The molecule has 21 heavy (non-hydrogen) atoms. The van der Waals surface area contributed by atoms with Crippen molar-refractivity contribution in [2.45, 2.75) is 0 Å². The molecular formula is C14H10FN5O. The first-order valence-corrected chi connectivity index (χ1v) is 6.13. The van der Waals surface area contributed by atoms with Crippen molar-refractivity contribution < 1.29 is 9.18 Å². The zero-order chi connectivity index (χ0) is 14.7. The molecule has 0 fully saturated rings. The summed E-state index contributed by atoms with van der Waals surface area (Å²) in [6.45, 7) is 0. The minimum absolute atomic E-state index is 0.145. The van der Waals surface area contributed by atoms with Gasteiger partial charge in [-0.05, 0) is 40.8 Å². The van der Waals surface area contributed by atoms with Crippen molar-refractivity contribution in [3.05, 3.63) is 66.2 Å². The van der Waals surface area contributed by atoms with Gasteiger partial charge in [-0.1, -0.05) is 18.2 Å². The lowest BCUT2D eigenvalue weighted by molar-refractivity contribution is 0.102. The zero-order valence-corrected chi connectivity index (χ0v) is 10.8. The highest BCUT2D eigenvalue weighted by molar-refractivity contribution is 6.06. The van der Waals surface area contributed by atoms with Crippen LogP contribution in [0.2, 0.25) is 0 Å². The number of nitrogens with zero attached hydrogens (tertiary/aromatic N) is 4. The van der Waals surface area contributed by atoms with E-state index in [9.17, 15) is 9.18 Å². The Morgan fingerprint density at radius 3 is 2.67 bits per heavy atom. The van der Waals surface area contributed by atoms with Crippen LogP contribution in [0.4, 0.5) is 10.1 Å². The first kappa shape index (κ1) is 12.9. The van der Waals surface area contributed by atoms with E-state index in [1.165, 1.54) is 23.1 Å². The highest BCUT2D eigenvalue weighted by Gasteiger charge is 2.15. The number of tetrazole rings is 1. The highest BCUT2D eigenvalue weighted by Crippen LogP contribution is 2.17. The number of para-hydroxylation sites is 1. The molecule has 1 heterocycles. The molecule has 2 aromatic carbocycles. The molecule has 0 aliphatic heterocycles. The monoisotopic (exact) mass is 283 g/mol. The van der Waals surface area contributed by atoms with E-state index in [-0.39, 0.29) is 5.56 Å². The van der Waals surface area contributed by atoms with Gasteiger partial charge in [-0.15, -0.1) is 5.10 Å². The molecule has 0 unspecified atom stereocenters. The summed E-state index contributed by atoms with van der Waals surface area (Å²) in [6.07, 6.45) is 1.34. The van der Waals surface area contributed by atoms with E-state index in [2.05, 4.69) is 20.8 Å². The number of hydrogen-bond acceptors (Lipinski definition) is 4. The predicted octanol–water partition coefficient (Wildman–Crippen LogP) is 2.05. The molecule has 1 N–H and O–H groups in total. The van der Waals surface area contributed by atoms with Gasteiger partial charge in [0.25, 0.3) is 5.91 Å². The van der Waals surface area contributed by atoms with E-state index in [4.69, 9.17) is 0 Å². The largest absolute Gasteiger partial charge is 0.322 e. The summed E-state index contributed by atoms with van der Waals surface area (Å²) >= 11 is 0. The maximum absolute atomic E-state index is 13.4. The fourth-order valence-corrected chi connectivity index (χ4v) is 1.88. The second kappa shape index (κ2) is 5.49. The lowest BCUT2D eigenvalue weighted by Gasteiger charge is -2.09. The van der Waals surface area contributed by atoms with Gasteiger partial charge in [0.1, 0.15) is 12.1 Å². The zero-order valence-electron chi connectivity index (χ0n) is 10.8. The van der Waals surface area contributed by atoms with Crippen molar-refractivity contribution in [3.63, 3.8) is 0 Å². The predicted molar refractivity (Wildman–Crippen MR) is 73.5 cm³/mol. The van der Waals surface area contributed by atoms with E-state index < -0.39 is 11.7 Å². The molecule has 0 aliphatic rings. The van der Waals surface area contributed by atoms with E-state index in [1.807, 2.05) is 6.07 Å². The maximum atomic E-state index is 13.4. The lowest BCUT2D eigenvalue weighted by Crippen LogP contribution is -2.15. The molecule has 0 atom stereocenters. The van der Waals surface area contributed by atoms with Gasteiger partial charge in [-0.3, -0.25) is 4.79 Å². The number of carbonyl (C=O) groups excluding carboxylic acids is 1. The molecule has 0 spiro atoms. The van der Waals surface area contributed by atoms with Crippen molar-refractivity contribution in [1.29, 1.82) is 0 Å². The standard InChI is InChI=1S/C14H10FN5O/c15-10-6-7-13(20-9-16-18-19-20)12(8-10)14(21)17-11-4-2-1-3-5-11/h1-9H,(H,17,21). The van der Waals surface area contributed by atoms with E-state index in [0.29, 0.717) is 11.4 Å². The number of aromatic nitrogens is 4. The third kappa shape index (κ3) is 2.76. The van der Waals surface area contributed by atoms with E-state index >= 15 is 0 Å². The molecule has 7 heteroatoms. The van der Waals surface area contributed by atoms with Crippen LogP contribution in [0.25, 0.3) is 5.69 Å². The van der Waals surface area contributed by atoms with Crippen LogP contribution in [-0.2, 0) is 0 Å². The Morgan fingerprint density at radius 2 is 1.95 bits per heavy atom. The Bertz CT molecular complexity index is 758. The molecule has 6 nitrogen and oxygen atoms in total. The molecule has 0 saturated heterocycles. The lowest BCUT2D eigenvalue weighted by atomic mass is 10.1. The Labute approximate surface area is 119 Å². The smallest absolute Gasteiger partial charge is 0.257 e. The summed E-state index contributed by atoms with van der Waals surface area (Å²) < 4.78 is 14.8. The summed E-state index contributed by atoms with van der Waals surface area (Å²) in [5.74, 6) is -0.948. The van der Waals surface area contributed by atoms with Crippen LogP contribution >= 0.6 is 0 Å². The quantitative estimate of drug-likeness (QED) is 0.798. The molecule has 1 aromatic heterocycles. The number of benzene rings is 2. The van der Waals surface area contributed by atoms with Crippen molar-refractivity contribution in [1.82, 2.24) is 20.2 Å². The van der Waals surface area contributed by atoms with Crippen LogP contribution in [-0.4, -0.2) is 26.1 Å². The van der Waals surface area contributed by atoms with Gasteiger partial charge in [-0.25, -0.2) is 4.39 Å². The van der Waals surface area contributed by atoms with Gasteiger partial charge < -0.3 is 5.32 Å². The van der Waals surface area contributed by atoms with Crippen LogP contribution in [0.5, 0.6) is 0 Å². The summed E-state index contributed by atoms with van der Waals surface area (Å²) in [6, 6.07) is 12.8.